The molecule has 1 aromatic carbocycles. The lowest BCUT2D eigenvalue weighted by molar-refractivity contribution is -0.122. The van der Waals surface area contributed by atoms with E-state index in [1.54, 1.807) is 4.90 Å². The van der Waals surface area contributed by atoms with Crippen LogP contribution in [0.5, 0.6) is 5.75 Å². The Kier molecular flexibility index (Phi) is 4.95. The number of hydrogen-bond acceptors (Lipinski definition) is 4. The van der Waals surface area contributed by atoms with Crippen molar-refractivity contribution in [3.8, 4) is 5.75 Å². The third-order valence-corrected chi connectivity index (χ3v) is 3.25. The molecule has 6 nitrogen and oxygen atoms in total. The molecule has 108 valence electrons. The van der Waals surface area contributed by atoms with Crippen molar-refractivity contribution in [3.63, 3.8) is 0 Å². The molecular weight excluding hydrogens is 258 g/mol. The van der Waals surface area contributed by atoms with E-state index in [2.05, 4.69) is 5.43 Å². The summed E-state index contributed by atoms with van der Waals surface area (Å²) in [4.78, 5) is 24.6. The predicted molar refractivity (Wildman–Crippen MR) is 75.1 cm³/mol. The fourth-order valence-electron chi connectivity index (χ4n) is 2.20. The second-order valence-corrected chi connectivity index (χ2v) is 4.68. The molecule has 0 bridgehead atoms. The molecule has 0 aromatic heterocycles. The monoisotopic (exact) mass is 277 g/mol. The zero-order valence-electron chi connectivity index (χ0n) is 11.3. The molecule has 0 unspecified atom stereocenters. The first-order chi connectivity index (χ1) is 9.72. The van der Waals surface area contributed by atoms with Gasteiger partial charge in [0.1, 0.15) is 5.75 Å². The minimum absolute atomic E-state index is 0.0246. The molecule has 0 saturated heterocycles. The normalized spacial score (nSPS) is 13.7. The number of anilines is 1. The largest absolute Gasteiger partial charge is 0.482 e. The first-order valence-corrected chi connectivity index (χ1v) is 6.74. The number of unbranched alkanes of at least 4 members (excludes halogenated alkanes) is 2. The molecule has 0 radical (unpaired) electrons. The summed E-state index contributed by atoms with van der Waals surface area (Å²) >= 11 is 0. The molecule has 6 heteroatoms. The van der Waals surface area contributed by atoms with Crippen LogP contribution in [0.25, 0.3) is 0 Å². The molecule has 1 heterocycles. The van der Waals surface area contributed by atoms with Crippen LogP contribution in [0, 0.1) is 0 Å². The summed E-state index contributed by atoms with van der Waals surface area (Å²) in [5.74, 6) is 5.57. The molecule has 0 spiro atoms. The van der Waals surface area contributed by atoms with Gasteiger partial charge in [-0.2, -0.15) is 0 Å². The van der Waals surface area contributed by atoms with Gasteiger partial charge in [-0.05, 0) is 25.0 Å². The van der Waals surface area contributed by atoms with Crippen molar-refractivity contribution in [2.24, 2.45) is 5.84 Å². The van der Waals surface area contributed by atoms with Gasteiger partial charge in [-0.3, -0.25) is 15.0 Å². The highest BCUT2D eigenvalue weighted by Gasteiger charge is 2.24. The minimum Gasteiger partial charge on any atom is -0.482 e. The van der Waals surface area contributed by atoms with Gasteiger partial charge in [0.15, 0.2) is 6.61 Å². The zero-order valence-corrected chi connectivity index (χ0v) is 11.3. The van der Waals surface area contributed by atoms with E-state index in [9.17, 15) is 9.59 Å². The van der Waals surface area contributed by atoms with E-state index < -0.39 is 0 Å². The molecule has 20 heavy (non-hydrogen) atoms. The number of rotatable bonds is 6. The summed E-state index contributed by atoms with van der Waals surface area (Å²) < 4.78 is 5.38. The molecule has 2 rings (SSSR count). The third kappa shape index (κ3) is 3.48. The van der Waals surface area contributed by atoms with Crippen molar-refractivity contribution in [2.45, 2.75) is 25.7 Å². The average Bonchev–Trinajstić information content (AvgIpc) is 2.48. The molecule has 3 N–H and O–H groups in total. The molecule has 0 aliphatic carbocycles. The quantitative estimate of drug-likeness (QED) is 0.351. The number of benzene rings is 1. The number of amides is 2. The lowest BCUT2D eigenvalue weighted by Gasteiger charge is -2.29. The number of ether oxygens (including phenoxy) is 1. The van der Waals surface area contributed by atoms with Gasteiger partial charge in [0, 0.05) is 13.0 Å². The van der Waals surface area contributed by atoms with Crippen molar-refractivity contribution < 1.29 is 14.3 Å². The molecule has 0 atom stereocenters. The number of nitrogens with one attached hydrogen (secondary N) is 1. The van der Waals surface area contributed by atoms with Crippen molar-refractivity contribution in [2.75, 3.05) is 18.1 Å². The van der Waals surface area contributed by atoms with E-state index in [-0.39, 0.29) is 18.4 Å². The Morgan fingerprint density at radius 3 is 2.90 bits per heavy atom. The summed E-state index contributed by atoms with van der Waals surface area (Å²) in [5, 5.41) is 0. The fraction of sp³-hybridized carbons (Fsp3) is 0.429. The van der Waals surface area contributed by atoms with Crippen LogP contribution < -0.4 is 20.9 Å². The Morgan fingerprint density at radius 2 is 2.10 bits per heavy atom. The summed E-state index contributed by atoms with van der Waals surface area (Å²) in [7, 11) is 0. The topological polar surface area (TPSA) is 84.7 Å². The number of nitrogens with zero attached hydrogens (tertiary/aromatic N) is 1. The van der Waals surface area contributed by atoms with Crippen LogP contribution in [0.4, 0.5) is 5.69 Å². The highest BCUT2D eigenvalue weighted by Crippen LogP contribution is 2.31. The maximum Gasteiger partial charge on any atom is 0.265 e. The standard InChI is InChI=1S/C14H19N3O3/c15-16-13(18)8-2-1-5-9-17-11-6-3-4-7-12(11)20-10-14(17)19/h3-4,6-7H,1-2,5,8-10,15H2,(H,16,18). The highest BCUT2D eigenvalue weighted by molar-refractivity contribution is 5.97. The third-order valence-electron chi connectivity index (χ3n) is 3.25. The van der Waals surface area contributed by atoms with Crippen molar-refractivity contribution >= 4 is 17.5 Å². The Balaban J connectivity index is 1.83. The van der Waals surface area contributed by atoms with Gasteiger partial charge in [-0.1, -0.05) is 18.6 Å². The maximum atomic E-state index is 11.9. The van der Waals surface area contributed by atoms with Crippen LogP contribution in [-0.2, 0) is 9.59 Å². The smallest absolute Gasteiger partial charge is 0.265 e. The minimum atomic E-state index is -0.155. The van der Waals surface area contributed by atoms with E-state index in [1.165, 1.54) is 0 Å². The van der Waals surface area contributed by atoms with Gasteiger partial charge in [-0.15, -0.1) is 0 Å². The van der Waals surface area contributed by atoms with Crippen LogP contribution in [0.3, 0.4) is 0 Å². The van der Waals surface area contributed by atoms with Crippen LogP contribution >= 0.6 is 0 Å². The van der Waals surface area contributed by atoms with Crippen molar-refractivity contribution in [3.05, 3.63) is 24.3 Å². The molecule has 1 aromatic rings. The zero-order chi connectivity index (χ0) is 14.4. The van der Waals surface area contributed by atoms with E-state index in [1.807, 2.05) is 24.3 Å². The molecule has 2 amide bonds. The molecular formula is C14H19N3O3. The van der Waals surface area contributed by atoms with Crippen LogP contribution in [0.1, 0.15) is 25.7 Å². The molecule has 1 aliphatic heterocycles. The first-order valence-electron chi connectivity index (χ1n) is 6.74. The van der Waals surface area contributed by atoms with Gasteiger partial charge in [-0.25, -0.2) is 5.84 Å². The van der Waals surface area contributed by atoms with Crippen LogP contribution in [0.15, 0.2) is 24.3 Å². The van der Waals surface area contributed by atoms with Crippen molar-refractivity contribution in [1.82, 2.24) is 5.43 Å². The number of hydrazine groups is 1. The number of carbonyl (C=O) groups excluding carboxylic acids is 2. The number of fused-ring (bicyclic) bond motifs is 1. The second-order valence-electron chi connectivity index (χ2n) is 4.68. The average molecular weight is 277 g/mol. The van der Waals surface area contributed by atoms with Crippen LogP contribution in [0.2, 0.25) is 0 Å². The predicted octanol–water partition coefficient (Wildman–Crippen LogP) is 0.962. The Morgan fingerprint density at radius 1 is 1.30 bits per heavy atom. The molecule has 0 saturated carbocycles. The van der Waals surface area contributed by atoms with Crippen molar-refractivity contribution in [1.29, 1.82) is 0 Å². The molecule has 0 fully saturated rings. The fourth-order valence-corrected chi connectivity index (χ4v) is 2.20. The SMILES string of the molecule is NNC(=O)CCCCCN1C(=O)COc2ccccc21. The summed E-state index contributed by atoms with van der Waals surface area (Å²) in [5.41, 5.74) is 2.93. The lowest BCUT2D eigenvalue weighted by Crippen LogP contribution is -2.39. The highest BCUT2D eigenvalue weighted by atomic mass is 16.5. The van der Waals surface area contributed by atoms with E-state index >= 15 is 0 Å². The molecule has 1 aliphatic rings. The van der Waals surface area contributed by atoms with E-state index in [0.29, 0.717) is 13.0 Å². The van der Waals surface area contributed by atoms with Gasteiger partial charge >= 0.3 is 0 Å². The summed E-state index contributed by atoms with van der Waals surface area (Å²) in [6.45, 7) is 0.732. The Labute approximate surface area is 117 Å². The van der Waals surface area contributed by atoms with Gasteiger partial charge in [0.25, 0.3) is 5.91 Å². The number of carbonyl (C=O) groups is 2. The van der Waals surface area contributed by atoms with Gasteiger partial charge in [0.05, 0.1) is 5.69 Å². The van der Waals surface area contributed by atoms with E-state index in [4.69, 9.17) is 10.6 Å². The lowest BCUT2D eigenvalue weighted by atomic mass is 10.1. The maximum absolute atomic E-state index is 11.9. The van der Waals surface area contributed by atoms with Gasteiger partial charge < -0.3 is 9.64 Å². The van der Waals surface area contributed by atoms with E-state index in [0.717, 1.165) is 30.7 Å². The summed E-state index contributed by atoms with van der Waals surface area (Å²) in [6, 6.07) is 7.52. The van der Waals surface area contributed by atoms with Crippen LogP contribution in [-0.4, -0.2) is 25.0 Å². The Hall–Kier alpha value is -2.08. The summed E-state index contributed by atoms with van der Waals surface area (Å²) in [6.07, 6.45) is 2.91. The number of hydrogen-bond donors (Lipinski definition) is 2. The first kappa shape index (κ1) is 14.3. The Bertz CT molecular complexity index is 490. The number of nitrogens with two attached hydrogens (primary N) is 1. The second kappa shape index (κ2) is 6.91. The van der Waals surface area contributed by atoms with Gasteiger partial charge in [0.2, 0.25) is 5.91 Å². The number of para-hydroxylation sites is 2.